The van der Waals surface area contributed by atoms with Crippen LogP contribution in [0.5, 0.6) is 0 Å². The standard InChI is InChI=1S/C18H31N5O.HI/c1-3-20-18(21-12-16-6-4-5-11-24-16)22-9-7-15(2)17(13-22)23-10-8-19-14-23;/h8,10,14-17H,3-7,9,11-13H2,1-2H3,(H,20,21);1H. The third kappa shape index (κ3) is 5.57. The van der Waals surface area contributed by atoms with Gasteiger partial charge in [-0.05, 0) is 38.5 Å². The molecule has 25 heavy (non-hydrogen) atoms. The van der Waals surface area contributed by atoms with E-state index in [1.165, 1.54) is 19.3 Å². The third-order valence-corrected chi connectivity index (χ3v) is 5.18. The average molecular weight is 461 g/mol. The molecule has 1 aromatic heterocycles. The molecule has 7 heteroatoms. The summed E-state index contributed by atoms with van der Waals surface area (Å²) in [6.07, 6.45) is 10.9. The number of rotatable bonds is 4. The van der Waals surface area contributed by atoms with Crippen LogP contribution in [0.1, 0.15) is 45.6 Å². The summed E-state index contributed by atoms with van der Waals surface area (Å²) in [7, 11) is 0. The van der Waals surface area contributed by atoms with E-state index in [9.17, 15) is 0 Å². The van der Waals surface area contributed by atoms with Crippen LogP contribution >= 0.6 is 24.0 Å². The van der Waals surface area contributed by atoms with Gasteiger partial charge in [-0.15, -0.1) is 24.0 Å². The maximum absolute atomic E-state index is 5.83. The minimum atomic E-state index is 0. The van der Waals surface area contributed by atoms with Crippen molar-refractivity contribution in [1.29, 1.82) is 0 Å². The lowest BCUT2D eigenvalue weighted by molar-refractivity contribution is 0.0222. The van der Waals surface area contributed by atoms with Crippen LogP contribution in [0.4, 0.5) is 0 Å². The van der Waals surface area contributed by atoms with Gasteiger partial charge in [-0.2, -0.15) is 0 Å². The molecule has 0 saturated carbocycles. The van der Waals surface area contributed by atoms with Gasteiger partial charge in [0.05, 0.1) is 25.0 Å². The van der Waals surface area contributed by atoms with E-state index in [2.05, 4.69) is 39.8 Å². The first kappa shape index (κ1) is 20.5. The summed E-state index contributed by atoms with van der Waals surface area (Å²) >= 11 is 0. The predicted molar refractivity (Wildman–Crippen MR) is 112 cm³/mol. The molecular formula is C18H32IN5O. The fourth-order valence-electron chi connectivity index (χ4n) is 3.66. The van der Waals surface area contributed by atoms with E-state index in [1.54, 1.807) is 0 Å². The van der Waals surface area contributed by atoms with E-state index < -0.39 is 0 Å². The molecule has 1 N–H and O–H groups in total. The maximum Gasteiger partial charge on any atom is 0.194 e. The highest BCUT2D eigenvalue weighted by Crippen LogP contribution is 2.27. The number of nitrogens with one attached hydrogen (secondary N) is 1. The topological polar surface area (TPSA) is 54.7 Å². The first-order chi connectivity index (χ1) is 11.8. The van der Waals surface area contributed by atoms with E-state index in [4.69, 9.17) is 9.73 Å². The number of hydrogen-bond acceptors (Lipinski definition) is 3. The Morgan fingerprint density at radius 3 is 2.92 bits per heavy atom. The lowest BCUT2D eigenvalue weighted by Crippen LogP contribution is -2.49. The zero-order valence-corrected chi connectivity index (χ0v) is 17.8. The molecule has 0 amide bonds. The Morgan fingerprint density at radius 1 is 1.36 bits per heavy atom. The van der Waals surface area contributed by atoms with Crippen molar-refractivity contribution in [2.45, 2.75) is 51.7 Å². The highest BCUT2D eigenvalue weighted by Gasteiger charge is 2.29. The van der Waals surface area contributed by atoms with Gasteiger partial charge in [0, 0.05) is 38.6 Å². The smallest absolute Gasteiger partial charge is 0.194 e. The van der Waals surface area contributed by atoms with E-state index in [0.717, 1.165) is 45.2 Å². The second-order valence-corrected chi connectivity index (χ2v) is 6.97. The molecule has 0 spiro atoms. The molecule has 2 saturated heterocycles. The predicted octanol–water partition coefficient (Wildman–Crippen LogP) is 2.92. The van der Waals surface area contributed by atoms with Gasteiger partial charge in [0.1, 0.15) is 0 Å². The highest BCUT2D eigenvalue weighted by molar-refractivity contribution is 14.0. The van der Waals surface area contributed by atoms with Gasteiger partial charge in [0.15, 0.2) is 5.96 Å². The van der Waals surface area contributed by atoms with Crippen molar-refractivity contribution in [3.05, 3.63) is 18.7 Å². The first-order valence-corrected chi connectivity index (χ1v) is 9.40. The number of hydrogen-bond donors (Lipinski definition) is 1. The molecule has 2 aliphatic heterocycles. The number of ether oxygens (including phenoxy) is 1. The summed E-state index contributed by atoms with van der Waals surface area (Å²) in [5, 5.41) is 3.47. The Labute approximate surface area is 168 Å². The molecule has 3 heterocycles. The maximum atomic E-state index is 5.83. The Morgan fingerprint density at radius 2 is 2.24 bits per heavy atom. The van der Waals surface area contributed by atoms with Crippen molar-refractivity contribution in [3.8, 4) is 0 Å². The number of nitrogens with zero attached hydrogens (tertiary/aromatic N) is 4. The van der Waals surface area contributed by atoms with Crippen LogP contribution in [0.3, 0.4) is 0 Å². The summed E-state index contributed by atoms with van der Waals surface area (Å²) in [6.45, 7) is 9.06. The second kappa shape index (κ2) is 10.4. The Hall–Kier alpha value is -0.830. The summed E-state index contributed by atoms with van der Waals surface area (Å²) in [4.78, 5) is 11.5. The van der Waals surface area contributed by atoms with Crippen LogP contribution in [-0.4, -0.2) is 59.3 Å². The summed E-state index contributed by atoms with van der Waals surface area (Å²) in [5.41, 5.74) is 0. The Bertz CT molecular complexity index is 516. The fraction of sp³-hybridized carbons (Fsp3) is 0.778. The van der Waals surface area contributed by atoms with Crippen molar-refractivity contribution in [3.63, 3.8) is 0 Å². The van der Waals surface area contributed by atoms with E-state index in [-0.39, 0.29) is 24.0 Å². The van der Waals surface area contributed by atoms with Crippen LogP contribution in [0.15, 0.2) is 23.7 Å². The third-order valence-electron chi connectivity index (χ3n) is 5.18. The van der Waals surface area contributed by atoms with E-state index in [0.29, 0.717) is 18.1 Å². The monoisotopic (exact) mass is 461 g/mol. The fourth-order valence-corrected chi connectivity index (χ4v) is 3.66. The zero-order chi connectivity index (χ0) is 16.8. The lowest BCUT2D eigenvalue weighted by Gasteiger charge is -2.39. The minimum Gasteiger partial charge on any atom is -0.376 e. The van der Waals surface area contributed by atoms with Gasteiger partial charge < -0.3 is 19.5 Å². The summed E-state index contributed by atoms with van der Waals surface area (Å²) < 4.78 is 8.07. The van der Waals surface area contributed by atoms with Gasteiger partial charge >= 0.3 is 0 Å². The van der Waals surface area contributed by atoms with Crippen molar-refractivity contribution < 1.29 is 4.74 Å². The van der Waals surface area contributed by atoms with Crippen LogP contribution in [0, 0.1) is 5.92 Å². The van der Waals surface area contributed by atoms with Gasteiger partial charge in [0.2, 0.25) is 0 Å². The quantitative estimate of drug-likeness (QED) is 0.426. The Kier molecular flexibility index (Phi) is 8.48. The minimum absolute atomic E-state index is 0. The molecule has 0 aromatic carbocycles. The highest BCUT2D eigenvalue weighted by atomic mass is 127. The van der Waals surface area contributed by atoms with Crippen LogP contribution in [0.2, 0.25) is 0 Å². The Balaban J connectivity index is 0.00000225. The lowest BCUT2D eigenvalue weighted by atomic mass is 9.93. The van der Waals surface area contributed by atoms with Crippen LogP contribution in [0.25, 0.3) is 0 Å². The molecular weight excluding hydrogens is 429 g/mol. The van der Waals surface area contributed by atoms with Crippen LogP contribution < -0.4 is 5.32 Å². The molecule has 3 rings (SSSR count). The SMILES string of the molecule is CCNC(=NCC1CCCCO1)N1CCC(C)C(n2ccnc2)C1.I. The molecule has 0 radical (unpaired) electrons. The van der Waals surface area contributed by atoms with Crippen LogP contribution in [-0.2, 0) is 4.74 Å². The molecule has 142 valence electrons. The van der Waals surface area contributed by atoms with E-state index >= 15 is 0 Å². The molecule has 1 aromatic rings. The van der Waals surface area contributed by atoms with Gasteiger partial charge in [-0.3, -0.25) is 4.99 Å². The molecule has 3 unspecified atom stereocenters. The van der Waals surface area contributed by atoms with Crippen molar-refractivity contribution in [2.24, 2.45) is 10.9 Å². The van der Waals surface area contributed by atoms with Gasteiger partial charge in [-0.25, -0.2) is 4.98 Å². The normalized spacial score (nSPS) is 27.7. The van der Waals surface area contributed by atoms with Crippen molar-refractivity contribution in [1.82, 2.24) is 19.8 Å². The molecule has 0 aliphatic carbocycles. The average Bonchev–Trinajstić information content (AvgIpc) is 3.14. The number of piperidine rings is 1. The van der Waals surface area contributed by atoms with Crippen molar-refractivity contribution in [2.75, 3.05) is 32.8 Å². The molecule has 2 fully saturated rings. The first-order valence-electron chi connectivity index (χ1n) is 9.40. The van der Waals surface area contributed by atoms with Gasteiger partial charge in [-0.1, -0.05) is 6.92 Å². The largest absolute Gasteiger partial charge is 0.376 e. The van der Waals surface area contributed by atoms with Gasteiger partial charge in [0.25, 0.3) is 0 Å². The second-order valence-electron chi connectivity index (χ2n) is 6.97. The van der Waals surface area contributed by atoms with E-state index in [1.807, 2.05) is 12.5 Å². The zero-order valence-electron chi connectivity index (χ0n) is 15.4. The molecule has 6 nitrogen and oxygen atoms in total. The number of halogens is 1. The molecule has 0 bridgehead atoms. The number of imidazole rings is 1. The number of guanidine groups is 1. The number of aliphatic imine (C=N–C) groups is 1. The summed E-state index contributed by atoms with van der Waals surface area (Å²) in [6, 6.07) is 0.455. The summed E-state index contributed by atoms with van der Waals surface area (Å²) in [5.74, 6) is 1.68. The van der Waals surface area contributed by atoms with Crippen molar-refractivity contribution >= 4 is 29.9 Å². The molecule has 2 aliphatic rings. The molecule has 3 atom stereocenters. The number of likely N-dealkylation sites (tertiary alicyclic amines) is 1. The number of aromatic nitrogens is 2.